The van der Waals surface area contributed by atoms with E-state index in [1.54, 1.807) is 37.2 Å². The lowest BCUT2D eigenvalue weighted by molar-refractivity contribution is 0.482. The van der Waals surface area contributed by atoms with E-state index in [1.807, 2.05) is 31.5 Å². The molecule has 6 heteroatoms. The van der Waals surface area contributed by atoms with E-state index in [-0.39, 0.29) is 0 Å². The molecule has 1 aromatic heterocycles. The molecule has 6 nitrogen and oxygen atoms in total. The Labute approximate surface area is 143 Å². The quantitative estimate of drug-likeness (QED) is 0.345. The van der Waals surface area contributed by atoms with Crippen molar-refractivity contribution < 1.29 is 0 Å². The molecule has 0 aliphatic carbocycles. The summed E-state index contributed by atoms with van der Waals surface area (Å²) >= 11 is 0. The van der Waals surface area contributed by atoms with Crippen molar-refractivity contribution in [3.63, 3.8) is 0 Å². The zero-order valence-electron chi connectivity index (χ0n) is 14.5. The number of hydrazine groups is 1. The molecule has 0 atom stereocenters. The molecule has 0 saturated heterocycles. The number of aliphatic imine (C=N–C) groups is 1. The van der Waals surface area contributed by atoms with Crippen LogP contribution in [0.4, 0.5) is 0 Å². The molecule has 0 aromatic carbocycles. The molecule has 1 aromatic rings. The first-order chi connectivity index (χ1) is 11.5. The summed E-state index contributed by atoms with van der Waals surface area (Å²) in [6, 6.07) is 2.16. The molecular weight excluding hydrogens is 300 g/mol. The fourth-order valence-corrected chi connectivity index (χ4v) is 2.03. The first-order valence-corrected chi connectivity index (χ1v) is 7.64. The highest BCUT2D eigenvalue weighted by Gasteiger charge is 2.06. The second-order valence-corrected chi connectivity index (χ2v) is 5.05. The summed E-state index contributed by atoms with van der Waals surface area (Å²) in [5.74, 6) is 5.72. The van der Waals surface area contributed by atoms with E-state index in [0.717, 1.165) is 23.3 Å². The van der Waals surface area contributed by atoms with Crippen molar-refractivity contribution in [2.24, 2.45) is 10.8 Å². The minimum atomic E-state index is 0.579. The smallest absolute Gasteiger partial charge is 0.103 e. The highest BCUT2D eigenvalue weighted by Crippen LogP contribution is 2.16. The van der Waals surface area contributed by atoms with Crippen LogP contribution in [0.1, 0.15) is 24.6 Å². The van der Waals surface area contributed by atoms with Crippen molar-refractivity contribution in [2.45, 2.75) is 19.8 Å². The number of aryl methyl sites for hydroxylation is 1. The number of hydrogen-bond donors (Lipinski definition) is 1. The number of aromatic nitrogens is 2. The van der Waals surface area contributed by atoms with Gasteiger partial charge in [0.1, 0.15) is 6.07 Å². The second kappa shape index (κ2) is 9.98. The highest BCUT2D eigenvalue weighted by atomic mass is 15.4. The molecule has 0 spiro atoms. The van der Waals surface area contributed by atoms with Crippen LogP contribution in [0.25, 0.3) is 6.20 Å². The summed E-state index contributed by atoms with van der Waals surface area (Å²) in [4.78, 5) is 3.95. The summed E-state index contributed by atoms with van der Waals surface area (Å²) < 4.78 is 1.65. The molecule has 0 unspecified atom stereocenters. The SMILES string of the molecule is C=CC(=C\N(C)N)/C(/C=C/CC=NC)=C/n1cc(C#N)c(CC)n1. The van der Waals surface area contributed by atoms with E-state index in [9.17, 15) is 0 Å². The highest BCUT2D eigenvalue weighted by molar-refractivity contribution is 5.61. The second-order valence-electron chi connectivity index (χ2n) is 5.05. The third-order valence-corrected chi connectivity index (χ3v) is 3.15. The first-order valence-electron chi connectivity index (χ1n) is 7.64. The molecule has 126 valence electrons. The number of allylic oxidation sites excluding steroid dienone is 5. The minimum absolute atomic E-state index is 0.579. The zero-order valence-corrected chi connectivity index (χ0v) is 14.5. The molecule has 0 aliphatic rings. The van der Waals surface area contributed by atoms with Crippen LogP contribution in [0.15, 0.2) is 53.3 Å². The predicted molar refractivity (Wildman–Crippen MR) is 99.0 cm³/mol. The van der Waals surface area contributed by atoms with Gasteiger partial charge in [0.05, 0.1) is 11.3 Å². The Kier molecular flexibility index (Phi) is 7.96. The van der Waals surface area contributed by atoms with Gasteiger partial charge in [-0.25, -0.2) is 10.5 Å². The maximum absolute atomic E-state index is 9.17. The van der Waals surface area contributed by atoms with Crippen LogP contribution in [-0.2, 0) is 6.42 Å². The lowest BCUT2D eigenvalue weighted by Gasteiger charge is -2.10. The summed E-state index contributed by atoms with van der Waals surface area (Å²) in [6.45, 7) is 5.82. The normalized spacial score (nSPS) is 12.8. The molecule has 2 N–H and O–H groups in total. The molecule has 0 bridgehead atoms. The lowest BCUT2D eigenvalue weighted by Crippen LogP contribution is -2.19. The van der Waals surface area contributed by atoms with Crippen molar-refractivity contribution in [1.82, 2.24) is 14.8 Å². The first kappa shape index (κ1) is 19.1. The van der Waals surface area contributed by atoms with Crippen LogP contribution in [0.5, 0.6) is 0 Å². The predicted octanol–water partition coefficient (Wildman–Crippen LogP) is 2.68. The lowest BCUT2D eigenvalue weighted by atomic mass is 10.1. The number of nitrogens with two attached hydrogens (primary N) is 1. The third-order valence-electron chi connectivity index (χ3n) is 3.15. The number of hydrogen-bond acceptors (Lipinski definition) is 5. The van der Waals surface area contributed by atoms with Gasteiger partial charge in [-0.2, -0.15) is 10.4 Å². The molecule has 0 radical (unpaired) electrons. The monoisotopic (exact) mass is 324 g/mol. The van der Waals surface area contributed by atoms with Gasteiger partial charge in [-0.1, -0.05) is 31.7 Å². The summed E-state index contributed by atoms with van der Waals surface area (Å²) in [5.41, 5.74) is 3.07. The third kappa shape index (κ3) is 5.71. The van der Waals surface area contributed by atoms with E-state index < -0.39 is 0 Å². The van der Waals surface area contributed by atoms with Gasteiger partial charge in [0, 0.05) is 50.9 Å². The van der Waals surface area contributed by atoms with Gasteiger partial charge in [-0.3, -0.25) is 0 Å². The molecule has 0 fully saturated rings. The van der Waals surface area contributed by atoms with Crippen LogP contribution in [0.3, 0.4) is 0 Å². The topological polar surface area (TPSA) is 83.2 Å². The fraction of sp³-hybridized carbons (Fsp3) is 0.278. The van der Waals surface area contributed by atoms with E-state index >= 15 is 0 Å². The Hall–Kier alpha value is -2.91. The molecule has 0 aliphatic heterocycles. The zero-order chi connectivity index (χ0) is 17.9. The van der Waals surface area contributed by atoms with Crippen LogP contribution in [-0.4, -0.2) is 35.1 Å². The van der Waals surface area contributed by atoms with Crippen molar-refractivity contribution in [2.75, 3.05) is 14.1 Å². The molecular formula is C18H24N6. The Morgan fingerprint density at radius 1 is 1.54 bits per heavy atom. The maximum atomic E-state index is 9.17. The average Bonchev–Trinajstić information content (AvgIpc) is 2.97. The minimum Gasteiger partial charge on any atom is -0.321 e. The van der Waals surface area contributed by atoms with Crippen LogP contribution in [0, 0.1) is 11.3 Å². The summed E-state index contributed by atoms with van der Waals surface area (Å²) in [6.07, 6.45) is 14.2. The van der Waals surface area contributed by atoms with Gasteiger partial charge in [-0.15, -0.1) is 0 Å². The number of rotatable bonds is 8. The van der Waals surface area contributed by atoms with E-state index in [2.05, 4.69) is 22.7 Å². The van der Waals surface area contributed by atoms with Gasteiger partial charge in [0.15, 0.2) is 0 Å². The van der Waals surface area contributed by atoms with E-state index in [1.165, 1.54) is 5.01 Å². The number of nitrogens with zero attached hydrogens (tertiary/aromatic N) is 5. The average molecular weight is 324 g/mol. The number of nitriles is 1. The fourth-order valence-electron chi connectivity index (χ4n) is 2.03. The Bertz CT molecular complexity index is 710. The Morgan fingerprint density at radius 2 is 2.29 bits per heavy atom. The Balaban J connectivity index is 3.30. The van der Waals surface area contributed by atoms with Gasteiger partial charge in [0.2, 0.25) is 0 Å². The largest absolute Gasteiger partial charge is 0.321 e. The standard InChI is InChI=1S/C18H24N6/c1-5-15(12-23(4)20)16(9-7-8-10-21-3)13-24-14-17(11-19)18(6-2)22-24/h5,7,9-10,12-14H,1,6,8,20H2,2-4H3/b9-7+,15-12+,16-13+,21-10?. The molecule has 0 saturated carbocycles. The van der Waals surface area contributed by atoms with Crippen LogP contribution in [0.2, 0.25) is 0 Å². The van der Waals surface area contributed by atoms with Gasteiger partial charge in [0.25, 0.3) is 0 Å². The van der Waals surface area contributed by atoms with Gasteiger partial charge in [-0.05, 0) is 12.0 Å². The van der Waals surface area contributed by atoms with Crippen molar-refractivity contribution in [3.05, 3.63) is 59.6 Å². The van der Waals surface area contributed by atoms with Crippen molar-refractivity contribution in [1.29, 1.82) is 5.26 Å². The van der Waals surface area contributed by atoms with Gasteiger partial charge >= 0.3 is 0 Å². The van der Waals surface area contributed by atoms with Gasteiger partial charge < -0.3 is 10.0 Å². The van der Waals surface area contributed by atoms with Crippen molar-refractivity contribution >= 4 is 12.4 Å². The van der Waals surface area contributed by atoms with Crippen LogP contribution < -0.4 is 5.84 Å². The van der Waals surface area contributed by atoms with Crippen LogP contribution >= 0.6 is 0 Å². The Morgan fingerprint density at radius 3 is 2.79 bits per heavy atom. The summed E-state index contributed by atoms with van der Waals surface area (Å²) in [5, 5.41) is 15.1. The molecule has 1 heterocycles. The maximum Gasteiger partial charge on any atom is 0.103 e. The van der Waals surface area contributed by atoms with Crippen molar-refractivity contribution in [3.8, 4) is 6.07 Å². The van der Waals surface area contributed by atoms with E-state index in [0.29, 0.717) is 12.0 Å². The van der Waals surface area contributed by atoms with E-state index in [4.69, 9.17) is 11.1 Å². The molecule has 0 amide bonds. The molecule has 1 rings (SSSR count). The molecule has 24 heavy (non-hydrogen) atoms. The summed E-state index contributed by atoms with van der Waals surface area (Å²) in [7, 11) is 3.48.